The van der Waals surface area contributed by atoms with Crippen molar-refractivity contribution in [3.63, 3.8) is 0 Å². The maximum Gasteiger partial charge on any atom is 0.0669 e. The first kappa shape index (κ1) is 14.5. The van der Waals surface area contributed by atoms with Crippen LogP contribution in [0.3, 0.4) is 0 Å². The summed E-state index contributed by atoms with van der Waals surface area (Å²) in [6.07, 6.45) is 4.53. The molecule has 108 valence electrons. The lowest BCUT2D eigenvalue weighted by Gasteiger charge is -2.31. The Kier molecular flexibility index (Phi) is 4.63. The van der Waals surface area contributed by atoms with Crippen LogP contribution in [-0.4, -0.2) is 40.9 Å². The zero-order chi connectivity index (χ0) is 14.0. The summed E-state index contributed by atoms with van der Waals surface area (Å²) in [5.41, 5.74) is 2.71. The molecule has 0 aromatic carbocycles. The maximum atomic E-state index is 4.63. The summed E-state index contributed by atoms with van der Waals surface area (Å²) in [5.74, 6) is 0.696. The van der Waals surface area contributed by atoms with E-state index in [0.29, 0.717) is 18.0 Å². The molecule has 0 bridgehead atoms. The molecule has 1 aromatic rings. The van der Waals surface area contributed by atoms with Crippen molar-refractivity contribution < 1.29 is 0 Å². The van der Waals surface area contributed by atoms with Gasteiger partial charge in [0.15, 0.2) is 0 Å². The predicted octanol–water partition coefficient (Wildman–Crippen LogP) is 1.97. The van der Waals surface area contributed by atoms with Crippen LogP contribution in [0, 0.1) is 5.92 Å². The molecule has 2 rings (SSSR count). The molecule has 0 aliphatic carbocycles. The van der Waals surface area contributed by atoms with Crippen molar-refractivity contribution >= 4 is 0 Å². The van der Waals surface area contributed by atoms with Crippen LogP contribution >= 0.6 is 0 Å². The first-order valence-corrected chi connectivity index (χ1v) is 7.51. The Hall–Kier alpha value is -0.870. The van der Waals surface area contributed by atoms with Gasteiger partial charge < -0.3 is 5.32 Å². The molecular formula is C15H28N4. The van der Waals surface area contributed by atoms with E-state index in [4.69, 9.17) is 0 Å². The average molecular weight is 264 g/mol. The number of hydrogen-bond donors (Lipinski definition) is 1. The van der Waals surface area contributed by atoms with Crippen LogP contribution in [0.1, 0.15) is 44.5 Å². The van der Waals surface area contributed by atoms with E-state index in [-0.39, 0.29) is 0 Å². The van der Waals surface area contributed by atoms with Gasteiger partial charge in [-0.2, -0.15) is 5.10 Å². The molecule has 0 amide bonds. The monoisotopic (exact) mass is 264 g/mol. The minimum atomic E-state index is 0.524. The second-order valence-corrected chi connectivity index (χ2v) is 5.94. The minimum Gasteiger partial charge on any atom is -0.319 e. The summed E-state index contributed by atoms with van der Waals surface area (Å²) in [5, 5.41) is 7.99. The summed E-state index contributed by atoms with van der Waals surface area (Å²) in [4.78, 5) is 2.64. The molecule has 1 aliphatic heterocycles. The van der Waals surface area contributed by atoms with E-state index in [1.807, 2.05) is 11.7 Å². The number of nitrogens with one attached hydrogen (secondary N) is 1. The summed E-state index contributed by atoms with van der Waals surface area (Å²) in [6, 6.07) is 1.12. The highest BCUT2D eigenvalue weighted by Gasteiger charge is 2.37. The lowest BCUT2D eigenvalue weighted by Crippen LogP contribution is -2.34. The second kappa shape index (κ2) is 6.06. The van der Waals surface area contributed by atoms with E-state index in [1.54, 1.807) is 0 Å². The quantitative estimate of drug-likeness (QED) is 0.883. The molecule has 4 nitrogen and oxygen atoms in total. The van der Waals surface area contributed by atoms with Gasteiger partial charge in [-0.1, -0.05) is 6.92 Å². The SMILES string of the molecule is CCc1nn(C)cc1C1C(CNC)CCN1C(C)C. The normalized spacial score (nSPS) is 24.5. The number of likely N-dealkylation sites (tertiary alicyclic amines) is 1. The molecule has 0 radical (unpaired) electrons. The minimum absolute atomic E-state index is 0.524. The molecule has 19 heavy (non-hydrogen) atoms. The molecule has 2 heterocycles. The summed E-state index contributed by atoms with van der Waals surface area (Å²) in [6.45, 7) is 9.10. The third-order valence-electron chi connectivity index (χ3n) is 4.28. The van der Waals surface area contributed by atoms with Crippen molar-refractivity contribution in [3.8, 4) is 0 Å². The van der Waals surface area contributed by atoms with Crippen molar-refractivity contribution in [2.75, 3.05) is 20.1 Å². The lowest BCUT2D eigenvalue weighted by molar-refractivity contribution is 0.181. The molecule has 2 atom stereocenters. The summed E-state index contributed by atoms with van der Waals surface area (Å²) in [7, 11) is 4.09. The van der Waals surface area contributed by atoms with Gasteiger partial charge in [-0.15, -0.1) is 0 Å². The zero-order valence-corrected chi connectivity index (χ0v) is 13.0. The van der Waals surface area contributed by atoms with Gasteiger partial charge in [-0.3, -0.25) is 9.58 Å². The Morgan fingerprint density at radius 1 is 1.47 bits per heavy atom. The van der Waals surface area contributed by atoms with Crippen molar-refractivity contribution in [2.24, 2.45) is 13.0 Å². The van der Waals surface area contributed by atoms with Gasteiger partial charge in [0.2, 0.25) is 0 Å². The van der Waals surface area contributed by atoms with Crippen LogP contribution in [0.5, 0.6) is 0 Å². The van der Waals surface area contributed by atoms with E-state index in [0.717, 1.165) is 13.0 Å². The molecule has 1 aromatic heterocycles. The van der Waals surface area contributed by atoms with Crippen molar-refractivity contribution in [1.29, 1.82) is 0 Å². The van der Waals surface area contributed by atoms with E-state index >= 15 is 0 Å². The molecular weight excluding hydrogens is 236 g/mol. The number of nitrogens with zero attached hydrogens (tertiary/aromatic N) is 3. The van der Waals surface area contributed by atoms with Crippen LogP contribution in [0.4, 0.5) is 0 Å². The van der Waals surface area contributed by atoms with Crippen LogP contribution in [0.2, 0.25) is 0 Å². The lowest BCUT2D eigenvalue weighted by atomic mass is 9.93. The molecule has 0 spiro atoms. The fraction of sp³-hybridized carbons (Fsp3) is 0.800. The standard InChI is InChI=1S/C15H28N4/c1-6-14-13(10-18(5)17-14)15-12(9-16-4)7-8-19(15)11(2)3/h10-12,15-16H,6-9H2,1-5H3. The molecule has 1 aliphatic rings. The Morgan fingerprint density at radius 3 is 2.79 bits per heavy atom. The first-order chi connectivity index (χ1) is 9.08. The molecule has 4 heteroatoms. The third-order valence-corrected chi connectivity index (χ3v) is 4.28. The molecule has 0 saturated carbocycles. The van der Waals surface area contributed by atoms with Gasteiger partial charge in [-0.05, 0) is 52.7 Å². The molecule has 1 fully saturated rings. The van der Waals surface area contributed by atoms with Gasteiger partial charge in [0.05, 0.1) is 5.69 Å². The van der Waals surface area contributed by atoms with Crippen molar-refractivity contribution in [1.82, 2.24) is 20.0 Å². The van der Waals surface area contributed by atoms with Gasteiger partial charge in [0.25, 0.3) is 0 Å². The van der Waals surface area contributed by atoms with Crippen LogP contribution < -0.4 is 5.32 Å². The first-order valence-electron chi connectivity index (χ1n) is 7.51. The highest BCUT2D eigenvalue weighted by atomic mass is 15.3. The number of hydrogen-bond acceptors (Lipinski definition) is 3. The number of aryl methyl sites for hydroxylation is 2. The average Bonchev–Trinajstić information content (AvgIpc) is 2.92. The topological polar surface area (TPSA) is 33.1 Å². The maximum absolute atomic E-state index is 4.63. The highest BCUT2D eigenvalue weighted by Crippen LogP contribution is 2.39. The van der Waals surface area contributed by atoms with Crippen LogP contribution in [0.15, 0.2) is 6.20 Å². The fourth-order valence-electron chi connectivity index (χ4n) is 3.45. The van der Waals surface area contributed by atoms with E-state index in [1.165, 1.54) is 24.2 Å². The number of aromatic nitrogens is 2. The molecule has 1 saturated heterocycles. The number of rotatable bonds is 5. The van der Waals surface area contributed by atoms with E-state index in [2.05, 4.69) is 49.3 Å². The predicted molar refractivity (Wildman–Crippen MR) is 79.2 cm³/mol. The van der Waals surface area contributed by atoms with Gasteiger partial charge in [0, 0.05) is 30.9 Å². The van der Waals surface area contributed by atoms with E-state index in [9.17, 15) is 0 Å². The summed E-state index contributed by atoms with van der Waals surface area (Å²) < 4.78 is 1.97. The molecule has 1 N–H and O–H groups in total. The van der Waals surface area contributed by atoms with Gasteiger partial charge >= 0.3 is 0 Å². The van der Waals surface area contributed by atoms with Crippen LogP contribution in [0.25, 0.3) is 0 Å². The Balaban J connectivity index is 2.34. The highest BCUT2D eigenvalue weighted by molar-refractivity contribution is 5.24. The summed E-state index contributed by atoms with van der Waals surface area (Å²) >= 11 is 0. The van der Waals surface area contributed by atoms with Gasteiger partial charge in [0.1, 0.15) is 0 Å². The van der Waals surface area contributed by atoms with Crippen molar-refractivity contribution in [3.05, 3.63) is 17.5 Å². The van der Waals surface area contributed by atoms with Crippen molar-refractivity contribution in [2.45, 2.75) is 45.7 Å². The smallest absolute Gasteiger partial charge is 0.0669 e. The van der Waals surface area contributed by atoms with Crippen LogP contribution in [-0.2, 0) is 13.5 Å². The third kappa shape index (κ3) is 2.84. The zero-order valence-electron chi connectivity index (χ0n) is 13.0. The largest absolute Gasteiger partial charge is 0.319 e. The fourth-order valence-corrected chi connectivity index (χ4v) is 3.45. The van der Waals surface area contributed by atoms with Gasteiger partial charge in [-0.25, -0.2) is 0 Å². The van der Waals surface area contributed by atoms with E-state index < -0.39 is 0 Å². The Labute approximate surface area is 117 Å². The molecule has 2 unspecified atom stereocenters. The Bertz CT molecular complexity index is 410. The Morgan fingerprint density at radius 2 is 2.21 bits per heavy atom. The second-order valence-electron chi connectivity index (χ2n) is 5.94.